The van der Waals surface area contributed by atoms with E-state index < -0.39 is 0 Å². The molecule has 2 aromatic rings. The van der Waals surface area contributed by atoms with Gasteiger partial charge >= 0.3 is 0 Å². The van der Waals surface area contributed by atoms with E-state index in [2.05, 4.69) is 53.4 Å². The summed E-state index contributed by atoms with van der Waals surface area (Å²) in [7, 11) is 1.74. The molecule has 116 valence electrons. The zero-order valence-electron chi connectivity index (χ0n) is 13.4. The lowest BCUT2D eigenvalue weighted by Crippen LogP contribution is -2.35. The van der Waals surface area contributed by atoms with Gasteiger partial charge in [-0.2, -0.15) is 0 Å². The summed E-state index contributed by atoms with van der Waals surface area (Å²) in [5, 5.41) is 0. The van der Waals surface area contributed by atoms with Crippen LogP contribution in [0.5, 0.6) is 5.75 Å². The van der Waals surface area contributed by atoms with Crippen molar-refractivity contribution in [2.75, 3.05) is 26.7 Å². The third-order valence-corrected chi connectivity index (χ3v) is 4.63. The first-order valence-corrected chi connectivity index (χ1v) is 8.25. The fraction of sp³-hybridized carbons (Fsp3) is 0.400. The van der Waals surface area contributed by atoms with E-state index in [4.69, 9.17) is 4.74 Å². The van der Waals surface area contributed by atoms with E-state index in [9.17, 15) is 0 Å². The molecule has 22 heavy (non-hydrogen) atoms. The highest BCUT2D eigenvalue weighted by Gasteiger charge is 2.21. The molecule has 1 aliphatic rings. The van der Waals surface area contributed by atoms with E-state index in [0.717, 1.165) is 18.7 Å². The summed E-state index contributed by atoms with van der Waals surface area (Å²) in [6, 6.07) is 19.4. The van der Waals surface area contributed by atoms with Gasteiger partial charge in [0.05, 0.1) is 7.11 Å². The highest BCUT2D eigenvalue weighted by molar-refractivity contribution is 5.31. The number of methoxy groups -OCH3 is 1. The zero-order valence-corrected chi connectivity index (χ0v) is 13.4. The van der Waals surface area contributed by atoms with Crippen molar-refractivity contribution >= 4 is 0 Å². The SMILES string of the molecule is COc1cccc(C2CCCN(CCc3ccccc3)C2)c1. The van der Waals surface area contributed by atoms with Crippen LogP contribution in [0.25, 0.3) is 0 Å². The Bertz CT molecular complexity index is 581. The average molecular weight is 295 g/mol. The molecule has 1 saturated heterocycles. The molecule has 2 nitrogen and oxygen atoms in total. The number of benzene rings is 2. The number of hydrogen-bond acceptors (Lipinski definition) is 2. The van der Waals surface area contributed by atoms with Crippen molar-refractivity contribution in [3.8, 4) is 5.75 Å². The van der Waals surface area contributed by atoms with Gasteiger partial charge in [-0.05, 0) is 55.0 Å². The summed E-state index contributed by atoms with van der Waals surface area (Å²) in [6.07, 6.45) is 3.72. The third kappa shape index (κ3) is 3.89. The van der Waals surface area contributed by atoms with Crippen LogP contribution >= 0.6 is 0 Å². The van der Waals surface area contributed by atoms with Crippen molar-refractivity contribution in [2.45, 2.75) is 25.2 Å². The number of nitrogens with zero attached hydrogens (tertiary/aromatic N) is 1. The second-order valence-electron chi connectivity index (χ2n) is 6.15. The molecule has 0 aromatic heterocycles. The van der Waals surface area contributed by atoms with Gasteiger partial charge in [0, 0.05) is 13.1 Å². The maximum atomic E-state index is 5.36. The topological polar surface area (TPSA) is 12.5 Å². The Morgan fingerprint density at radius 1 is 1.09 bits per heavy atom. The molecule has 1 fully saturated rings. The van der Waals surface area contributed by atoms with Crippen LogP contribution in [0.1, 0.15) is 29.9 Å². The standard InChI is InChI=1S/C20H25NO/c1-22-20-11-5-9-18(15-20)19-10-6-13-21(16-19)14-12-17-7-3-2-4-8-17/h2-5,7-9,11,15,19H,6,10,12-14,16H2,1H3. The molecule has 0 radical (unpaired) electrons. The number of piperidine rings is 1. The van der Waals surface area contributed by atoms with Crippen LogP contribution in [0, 0.1) is 0 Å². The van der Waals surface area contributed by atoms with E-state index in [1.165, 1.54) is 37.1 Å². The molecule has 0 saturated carbocycles. The largest absolute Gasteiger partial charge is 0.497 e. The van der Waals surface area contributed by atoms with Crippen LogP contribution in [-0.4, -0.2) is 31.6 Å². The van der Waals surface area contributed by atoms with Gasteiger partial charge in [-0.25, -0.2) is 0 Å². The fourth-order valence-electron chi connectivity index (χ4n) is 3.36. The van der Waals surface area contributed by atoms with Gasteiger partial charge in [0.2, 0.25) is 0 Å². The van der Waals surface area contributed by atoms with Gasteiger partial charge in [-0.1, -0.05) is 42.5 Å². The normalized spacial score (nSPS) is 19.0. The minimum Gasteiger partial charge on any atom is -0.497 e. The van der Waals surface area contributed by atoms with Gasteiger partial charge in [-0.3, -0.25) is 0 Å². The lowest BCUT2D eigenvalue weighted by Gasteiger charge is -2.33. The Labute approximate surface area is 133 Å². The summed E-state index contributed by atoms with van der Waals surface area (Å²) < 4.78 is 5.36. The fourth-order valence-corrected chi connectivity index (χ4v) is 3.36. The zero-order chi connectivity index (χ0) is 15.2. The predicted octanol–water partition coefficient (Wildman–Crippen LogP) is 4.12. The van der Waals surface area contributed by atoms with Crippen LogP contribution in [0.3, 0.4) is 0 Å². The van der Waals surface area contributed by atoms with Crippen molar-refractivity contribution in [3.63, 3.8) is 0 Å². The number of ether oxygens (including phenoxy) is 1. The summed E-state index contributed by atoms with van der Waals surface area (Å²) in [5.74, 6) is 1.61. The van der Waals surface area contributed by atoms with Crippen molar-refractivity contribution < 1.29 is 4.74 Å². The predicted molar refractivity (Wildman–Crippen MR) is 91.6 cm³/mol. The first kappa shape index (κ1) is 15.1. The second kappa shape index (κ2) is 7.46. The Morgan fingerprint density at radius 2 is 1.95 bits per heavy atom. The van der Waals surface area contributed by atoms with Gasteiger partial charge < -0.3 is 9.64 Å². The molecule has 2 heteroatoms. The Kier molecular flexibility index (Phi) is 5.12. The van der Waals surface area contributed by atoms with E-state index in [1.807, 2.05) is 6.07 Å². The Morgan fingerprint density at radius 3 is 2.77 bits per heavy atom. The minimum atomic E-state index is 0.639. The first-order valence-electron chi connectivity index (χ1n) is 8.25. The molecular weight excluding hydrogens is 270 g/mol. The minimum absolute atomic E-state index is 0.639. The first-order chi connectivity index (χ1) is 10.8. The van der Waals surface area contributed by atoms with E-state index >= 15 is 0 Å². The van der Waals surface area contributed by atoms with E-state index in [1.54, 1.807) is 7.11 Å². The number of rotatable bonds is 5. The average Bonchev–Trinajstić information content (AvgIpc) is 2.61. The highest BCUT2D eigenvalue weighted by Crippen LogP contribution is 2.29. The molecule has 1 aliphatic heterocycles. The van der Waals surface area contributed by atoms with Crippen molar-refractivity contribution in [3.05, 3.63) is 65.7 Å². The maximum absolute atomic E-state index is 5.36. The second-order valence-corrected chi connectivity index (χ2v) is 6.15. The van der Waals surface area contributed by atoms with Gasteiger partial charge in [0.15, 0.2) is 0 Å². The van der Waals surface area contributed by atoms with Gasteiger partial charge in [-0.15, -0.1) is 0 Å². The molecule has 0 aliphatic carbocycles. The van der Waals surface area contributed by atoms with Gasteiger partial charge in [0.1, 0.15) is 5.75 Å². The molecule has 0 bridgehead atoms. The Hall–Kier alpha value is -1.80. The monoisotopic (exact) mass is 295 g/mol. The Balaban J connectivity index is 1.59. The molecule has 1 atom stereocenters. The summed E-state index contributed by atoms with van der Waals surface area (Å²) in [6.45, 7) is 3.55. The van der Waals surface area contributed by atoms with Crippen LogP contribution in [-0.2, 0) is 6.42 Å². The molecule has 2 aromatic carbocycles. The molecule has 0 N–H and O–H groups in total. The van der Waals surface area contributed by atoms with Crippen LogP contribution in [0.15, 0.2) is 54.6 Å². The van der Waals surface area contributed by atoms with Crippen molar-refractivity contribution in [1.29, 1.82) is 0 Å². The van der Waals surface area contributed by atoms with Crippen LogP contribution in [0.2, 0.25) is 0 Å². The number of hydrogen-bond donors (Lipinski definition) is 0. The molecule has 0 amide bonds. The van der Waals surface area contributed by atoms with Gasteiger partial charge in [0.25, 0.3) is 0 Å². The molecule has 0 spiro atoms. The van der Waals surface area contributed by atoms with E-state index in [0.29, 0.717) is 5.92 Å². The summed E-state index contributed by atoms with van der Waals surface area (Å²) in [5.41, 5.74) is 2.86. The molecule has 1 unspecified atom stereocenters. The maximum Gasteiger partial charge on any atom is 0.119 e. The highest BCUT2D eigenvalue weighted by atomic mass is 16.5. The van der Waals surface area contributed by atoms with Crippen LogP contribution in [0.4, 0.5) is 0 Å². The third-order valence-electron chi connectivity index (χ3n) is 4.63. The lowest BCUT2D eigenvalue weighted by molar-refractivity contribution is 0.210. The lowest BCUT2D eigenvalue weighted by atomic mass is 9.90. The number of likely N-dealkylation sites (tertiary alicyclic amines) is 1. The van der Waals surface area contributed by atoms with Crippen molar-refractivity contribution in [2.24, 2.45) is 0 Å². The smallest absolute Gasteiger partial charge is 0.119 e. The van der Waals surface area contributed by atoms with Crippen LogP contribution < -0.4 is 4.74 Å². The molecule has 1 heterocycles. The molecular formula is C20H25NO. The molecule has 3 rings (SSSR count). The summed E-state index contributed by atoms with van der Waals surface area (Å²) >= 11 is 0. The van der Waals surface area contributed by atoms with Crippen molar-refractivity contribution in [1.82, 2.24) is 4.90 Å². The van der Waals surface area contributed by atoms with E-state index in [-0.39, 0.29) is 0 Å². The summed E-state index contributed by atoms with van der Waals surface area (Å²) in [4.78, 5) is 2.61. The quantitative estimate of drug-likeness (QED) is 0.823.